The Morgan fingerprint density at radius 3 is 2.48 bits per heavy atom. The number of carbonyl (C=O) groups is 1. The van der Waals surface area contributed by atoms with Gasteiger partial charge in [0.1, 0.15) is 5.82 Å². The van der Waals surface area contributed by atoms with Crippen LogP contribution in [0.25, 0.3) is 0 Å². The maximum absolute atomic E-state index is 12.6. The zero-order valence-electron chi connectivity index (χ0n) is 12.2. The minimum Gasteiger partial charge on any atom is -0.355 e. The van der Waals surface area contributed by atoms with E-state index in [1.165, 1.54) is 0 Å². The zero-order chi connectivity index (χ0) is 16.6. The Balaban J connectivity index is 1.67. The lowest BCUT2D eigenvalue weighted by Gasteiger charge is -2.37. The van der Waals surface area contributed by atoms with Crippen LogP contribution in [0.4, 0.5) is 23.8 Å². The van der Waals surface area contributed by atoms with Gasteiger partial charge in [-0.2, -0.15) is 13.2 Å². The number of anilines is 1. The summed E-state index contributed by atoms with van der Waals surface area (Å²) in [6.45, 7) is 2.56. The minimum absolute atomic E-state index is 0.00260. The van der Waals surface area contributed by atoms with Gasteiger partial charge in [-0.3, -0.25) is 0 Å². The van der Waals surface area contributed by atoms with Gasteiger partial charge in [-0.1, -0.05) is 11.6 Å². The average molecular weight is 349 g/mol. The van der Waals surface area contributed by atoms with Crippen molar-refractivity contribution in [2.75, 3.05) is 31.1 Å². The molecule has 1 N–H and O–H groups in total. The van der Waals surface area contributed by atoms with E-state index in [1.54, 1.807) is 0 Å². The highest BCUT2D eigenvalue weighted by atomic mass is 35.5. The summed E-state index contributed by atoms with van der Waals surface area (Å²) in [5, 5.41) is 2.77. The third kappa shape index (κ3) is 3.31. The number of rotatable bonds is 2. The molecule has 1 aromatic rings. The molecule has 9 heteroatoms. The second-order valence-electron chi connectivity index (χ2n) is 5.67. The largest absolute Gasteiger partial charge is 0.417 e. The van der Waals surface area contributed by atoms with Crippen LogP contribution in [0.2, 0.25) is 5.02 Å². The van der Waals surface area contributed by atoms with E-state index in [0.717, 1.165) is 25.1 Å². The lowest BCUT2D eigenvalue weighted by molar-refractivity contribution is -0.137. The smallest absolute Gasteiger partial charge is 0.355 e. The summed E-state index contributed by atoms with van der Waals surface area (Å²) in [6, 6.07) is 1.01. The van der Waals surface area contributed by atoms with Gasteiger partial charge in [0, 0.05) is 38.4 Å². The van der Waals surface area contributed by atoms with Crippen LogP contribution < -0.4 is 10.2 Å². The number of pyridine rings is 1. The molecule has 0 atom stereocenters. The molecule has 23 heavy (non-hydrogen) atoms. The van der Waals surface area contributed by atoms with Crippen LogP contribution in [0, 0.1) is 0 Å². The first-order valence-corrected chi connectivity index (χ1v) is 7.76. The molecular weight excluding hydrogens is 333 g/mol. The molecule has 2 aliphatic heterocycles. The maximum Gasteiger partial charge on any atom is 0.417 e. The normalized spacial score (nSPS) is 20.1. The topological polar surface area (TPSA) is 48.5 Å². The zero-order valence-corrected chi connectivity index (χ0v) is 13.0. The van der Waals surface area contributed by atoms with Crippen molar-refractivity contribution in [1.82, 2.24) is 15.2 Å². The number of nitrogens with zero attached hydrogens (tertiary/aromatic N) is 3. The van der Waals surface area contributed by atoms with Crippen LogP contribution in [0.1, 0.15) is 18.4 Å². The first-order valence-electron chi connectivity index (χ1n) is 7.38. The molecule has 0 saturated carbocycles. The fraction of sp³-hybridized carbons (Fsp3) is 0.571. The highest BCUT2D eigenvalue weighted by Crippen LogP contribution is 2.34. The summed E-state index contributed by atoms with van der Waals surface area (Å²) < 4.78 is 37.9. The Hall–Kier alpha value is -1.70. The predicted molar refractivity (Wildman–Crippen MR) is 79.6 cm³/mol. The van der Waals surface area contributed by atoms with Crippen LogP contribution in [0.5, 0.6) is 0 Å². The molecule has 3 rings (SSSR count). The molecule has 2 aliphatic rings. The van der Waals surface area contributed by atoms with E-state index in [1.807, 2.05) is 9.80 Å². The van der Waals surface area contributed by atoms with Gasteiger partial charge in [-0.15, -0.1) is 0 Å². The lowest BCUT2D eigenvalue weighted by Crippen LogP contribution is -2.46. The Labute approximate surface area is 136 Å². The number of urea groups is 1. The van der Waals surface area contributed by atoms with Crippen molar-refractivity contribution in [2.24, 2.45) is 0 Å². The number of piperidine rings is 1. The molecule has 0 unspecified atom stereocenters. The van der Waals surface area contributed by atoms with E-state index in [2.05, 4.69) is 10.3 Å². The fourth-order valence-corrected chi connectivity index (χ4v) is 3.33. The van der Waals surface area contributed by atoms with Crippen LogP contribution in [-0.2, 0) is 6.18 Å². The standard InChI is InChI=1S/C14H16ClF3N4O/c15-11-7-9(14(16,17)18)8-20-12(11)21-4-1-10(2-5-21)22-6-3-19-13(22)23/h7-8,10H,1-6H2,(H,19,23). The maximum atomic E-state index is 12.6. The Morgan fingerprint density at radius 1 is 1.26 bits per heavy atom. The molecule has 0 spiro atoms. The van der Waals surface area contributed by atoms with Gasteiger partial charge in [0.15, 0.2) is 0 Å². The third-order valence-corrected chi connectivity index (χ3v) is 4.52. The van der Waals surface area contributed by atoms with Crippen molar-refractivity contribution >= 4 is 23.4 Å². The van der Waals surface area contributed by atoms with Gasteiger partial charge in [-0.25, -0.2) is 9.78 Å². The Kier molecular flexibility index (Phi) is 4.27. The van der Waals surface area contributed by atoms with Gasteiger partial charge < -0.3 is 15.1 Å². The van der Waals surface area contributed by atoms with Crippen LogP contribution in [0.15, 0.2) is 12.3 Å². The van der Waals surface area contributed by atoms with E-state index in [0.29, 0.717) is 32.0 Å². The lowest BCUT2D eigenvalue weighted by atomic mass is 10.0. The fourth-order valence-electron chi connectivity index (χ4n) is 3.04. The summed E-state index contributed by atoms with van der Waals surface area (Å²) in [4.78, 5) is 19.2. The highest BCUT2D eigenvalue weighted by Gasteiger charge is 2.34. The molecule has 1 aromatic heterocycles. The molecule has 0 bridgehead atoms. The van der Waals surface area contributed by atoms with E-state index in [4.69, 9.17) is 11.6 Å². The van der Waals surface area contributed by atoms with Gasteiger partial charge >= 0.3 is 12.2 Å². The highest BCUT2D eigenvalue weighted by molar-refractivity contribution is 6.33. The molecule has 2 fully saturated rings. The number of halogens is 4. The second kappa shape index (κ2) is 6.07. The SMILES string of the molecule is O=C1NCCN1C1CCN(c2ncc(C(F)(F)F)cc2Cl)CC1. The third-order valence-electron chi connectivity index (χ3n) is 4.24. The number of hydrogen-bond donors (Lipinski definition) is 1. The molecule has 0 aromatic carbocycles. The van der Waals surface area contributed by atoms with Gasteiger partial charge in [0.25, 0.3) is 0 Å². The Morgan fingerprint density at radius 2 is 1.96 bits per heavy atom. The number of amides is 2. The van der Waals surface area contributed by atoms with Crippen LogP contribution >= 0.6 is 11.6 Å². The summed E-state index contributed by atoms with van der Waals surface area (Å²) >= 11 is 5.98. The van der Waals surface area contributed by atoms with Crippen molar-refractivity contribution in [1.29, 1.82) is 0 Å². The first-order chi connectivity index (χ1) is 10.9. The number of aromatic nitrogens is 1. The van der Waals surface area contributed by atoms with Gasteiger partial charge in [0.2, 0.25) is 0 Å². The summed E-state index contributed by atoms with van der Waals surface area (Å²) in [7, 11) is 0. The summed E-state index contributed by atoms with van der Waals surface area (Å²) in [6.07, 6.45) is -2.16. The van der Waals surface area contributed by atoms with E-state index in [9.17, 15) is 18.0 Å². The van der Waals surface area contributed by atoms with Crippen molar-refractivity contribution in [3.63, 3.8) is 0 Å². The van der Waals surface area contributed by atoms with Crippen LogP contribution in [-0.4, -0.2) is 48.1 Å². The van der Waals surface area contributed by atoms with Gasteiger partial charge in [0.05, 0.1) is 10.6 Å². The van der Waals surface area contributed by atoms with Crippen LogP contribution in [0.3, 0.4) is 0 Å². The van der Waals surface area contributed by atoms with E-state index < -0.39 is 11.7 Å². The number of alkyl halides is 3. The van der Waals surface area contributed by atoms with Gasteiger partial charge in [-0.05, 0) is 18.9 Å². The quantitative estimate of drug-likeness (QED) is 0.894. The average Bonchev–Trinajstić information content (AvgIpc) is 2.93. The molecule has 126 valence electrons. The molecule has 0 aliphatic carbocycles. The number of hydrogen-bond acceptors (Lipinski definition) is 3. The van der Waals surface area contributed by atoms with E-state index >= 15 is 0 Å². The minimum atomic E-state index is -4.45. The molecule has 2 amide bonds. The molecule has 2 saturated heterocycles. The van der Waals surface area contributed by atoms with E-state index in [-0.39, 0.29) is 17.1 Å². The second-order valence-corrected chi connectivity index (χ2v) is 6.08. The molecule has 5 nitrogen and oxygen atoms in total. The number of carbonyl (C=O) groups excluding carboxylic acids is 1. The van der Waals surface area contributed by atoms with Crippen molar-refractivity contribution < 1.29 is 18.0 Å². The monoisotopic (exact) mass is 348 g/mol. The molecule has 0 radical (unpaired) electrons. The Bertz CT molecular complexity index is 602. The molecule has 3 heterocycles. The van der Waals surface area contributed by atoms with Crippen molar-refractivity contribution in [2.45, 2.75) is 25.1 Å². The number of nitrogens with one attached hydrogen (secondary N) is 1. The van der Waals surface area contributed by atoms with Crippen molar-refractivity contribution in [3.8, 4) is 0 Å². The first kappa shape index (κ1) is 16.2. The summed E-state index contributed by atoms with van der Waals surface area (Å²) in [5.74, 6) is 0.365. The van der Waals surface area contributed by atoms with Crippen molar-refractivity contribution in [3.05, 3.63) is 22.8 Å². The predicted octanol–water partition coefficient (Wildman–Crippen LogP) is 2.75. The molecular formula is C14H16ClF3N4O. The summed E-state index contributed by atoms with van der Waals surface area (Å²) in [5.41, 5.74) is -0.852.